The van der Waals surface area contributed by atoms with Crippen LogP contribution in [-0.2, 0) is 4.79 Å². The van der Waals surface area contributed by atoms with Crippen molar-refractivity contribution in [3.05, 3.63) is 41.9 Å². The Kier molecular flexibility index (Phi) is 3.94. The van der Waals surface area contributed by atoms with Crippen LogP contribution in [0.1, 0.15) is 51.6 Å². The highest BCUT2D eigenvalue weighted by molar-refractivity contribution is 6.01. The Morgan fingerprint density at radius 3 is 2.77 bits per heavy atom. The van der Waals surface area contributed by atoms with Gasteiger partial charge in [-0.05, 0) is 37.7 Å². The van der Waals surface area contributed by atoms with Gasteiger partial charge >= 0.3 is 0 Å². The summed E-state index contributed by atoms with van der Waals surface area (Å²) in [4.78, 5) is 29.1. The second-order valence-corrected chi connectivity index (χ2v) is 7.89. The van der Waals surface area contributed by atoms with Gasteiger partial charge in [0, 0.05) is 41.0 Å². The van der Waals surface area contributed by atoms with E-state index >= 15 is 0 Å². The number of nitrogens with zero attached hydrogens (tertiary/aromatic N) is 3. The van der Waals surface area contributed by atoms with E-state index < -0.39 is 12.9 Å². The maximum Gasteiger partial charge on any atom is 0.254 e. The highest BCUT2D eigenvalue weighted by atomic mass is 16.5. The van der Waals surface area contributed by atoms with Gasteiger partial charge in [0.2, 0.25) is 5.91 Å². The van der Waals surface area contributed by atoms with E-state index in [4.69, 9.17) is 8.85 Å². The molecule has 2 saturated carbocycles. The molecule has 3 N–H and O–H groups in total. The number of hydrogen-bond acceptors (Lipinski definition) is 6. The van der Waals surface area contributed by atoms with Crippen molar-refractivity contribution in [3.8, 4) is 5.75 Å². The van der Waals surface area contributed by atoms with E-state index in [0.29, 0.717) is 17.4 Å². The number of methoxy groups -OCH3 is 1. The third kappa shape index (κ3) is 3.67. The molecule has 2 aliphatic rings. The molecule has 2 aliphatic carbocycles. The highest BCUT2D eigenvalue weighted by Crippen LogP contribution is 2.45. The number of rotatable bonds is 7. The second kappa shape index (κ2) is 7.57. The molecule has 3 heterocycles. The summed E-state index contributed by atoms with van der Waals surface area (Å²) in [6, 6.07) is 3.26. The molecule has 0 radical (unpaired) electrons. The number of amides is 2. The standard InChI is InChI=1S/C22H24N6O3/c1-23-22(30)15-10-24-18(27-21(29)13-5-6-13)9-17(15)26-16-7-8-28-19(20(16)31-2)14(11-25-28)12-3-4-12/h7-13H,3-6H2,1-2H3,(H,23,30)(H2,24,26,27,29)/i1D3. The number of anilines is 3. The summed E-state index contributed by atoms with van der Waals surface area (Å²) in [5.74, 6) is 0.260. The molecule has 0 unspecified atom stereocenters. The number of aromatic nitrogens is 3. The molecule has 5 rings (SSSR count). The Morgan fingerprint density at radius 2 is 2.06 bits per heavy atom. The van der Waals surface area contributed by atoms with E-state index in [0.717, 1.165) is 36.8 Å². The third-order valence-electron chi connectivity index (χ3n) is 5.62. The summed E-state index contributed by atoms with van der Waals surface area (Å²) in [6.07, 6.45) is 8.72. The molecule has 3 aromatic heterocycles. The number of pyridine rings is 2. The van der Waals surface area contributed by atoms with Gasteiger partial charge in [0.05, 0.1) is 30.2 Å². The molecule has 31 heavy (non-hydrogen) atoms. The number of carbonyl (C=O) groups excluding carboxylic acids is 2. The van der Waals surface area contributed by atoms with Crippen LogP contribution in [0.4, 0.5) is 17.2 Å². The predicted octanol–water partition coefficient (Wildman–Crippen LogP) is 3.07. The van der Waals surface area contributed by atoms with Crippen molar-refractivity contribution in [3.63, 3.8) is 0 Å². The zero-order chi connectivity index (χ0) is 24.0. The fraction of sp³-hybridized carbons (Fsp3) is 0.364. The van der Waals surface area contributed by atoms with E-state index in [2.05, 4.69) is 20.7 Å². The predicted molar refractivity (Wildman–Crippen MR) is 116 cm³/mol. The minimum Gasteiger partial charge on any atom is -0.492 e. The molecular formula is C22H24N6O3. The first-order valence-electron chi connectivity index (χ1n) is 11.7. The van der Waals surface area contributed by atoms with Crippen LogP contribution >= 0.6 is 0 Å². The molecule has 9 nitrogen and oxygen atoms in total. The minimum atomic E-state index is -2.67. The van der Waals surface area contributed by atoms with Crippen molar-refractivity contribution < 1.29 is 18.4 Å². The summed E-state index contributed by atoms with van der Waals surface area (Å²) in [5, 5.41) is 12.3. The van der Waals surface area contributed by atoms with Gasteiger partial charge in [0.25, 0.3) is 5.91 Å². The SMILES string of the molecule is [2H]C([2H])([2H])NC(=O)c1cnc(NC(=O)C2CC2)cc1Nc1ccn2ncc(C3CC3)c2c1OC. The molecule has 0 aliphatic heterocycles. The van der Waals surface area contributed by atoms with Gasteiger partial charge in [-0.2, -0.15) is 5.10 Å². The molecule has 0 spiro atoms. The number of nitrogens with one attached hydrogen (secondary N) is 3. The second-order valence-electron chi connectivity index (χ2n) is 7.89. The molecule has 0 bridgehead atoms. The van der Waals surface area contributed by atoms with Crippen LogP contribution < -0.4 is 20.7 Å². The monoisotopic (exact) mass is 423 g/mol. The van der Waals surface area contributed by atoms with E-state index in [-0.39, 0.29) is 28.9 Å². The largest absolute Gasteiger partial charge is 0.492 e. The number of fused-ring (bicyclic) bond motifs is 1. The maximum atomic E-state index is 12.7. The first-order valence-corrected chi connectivity index (χ1v) is 10.2. The molecule has 9 heteroatoms. The van der Waals surface area contributed by atoms with Crippen LogP contribution in [0.3, 0.4) is 0 Å². The van der Waals surface area contributed by atoms with Crippen LogP contribution in [0.5, 0.6) is 5.75 Å². The van der Waals surface area contributed by atoms with Crippen LogP contribution in [0.25, 0.3) is 5.52 Å². The van der Waals surface area contributed by atoms with E-state index in [1.54, 1.807) is 23.9 Å². The fourth-order valence-corrected chi connectivity index (χ4v) is 3.66. The number of carbonyl (C=O) groups is 2. The third-order valence-corrected chi connectivity index (χ3v) is 5.62. The van der Waals surface area contributed by atoms with Gasteiger partial charge in [-0.25, -0.2) is 9.50 Å². The molecule has 0 saturated heterocycles. The van der Waals surface area contributed by atoms with Crippen LogP contribution in [0.2, 0.25) is 0 Å². The van der Waals surface area contributed by atoms with Crippen molar-refractivity contribution in [2.75, 3.05) is 24.7 Å². The molecule has 160 valence electrons. The van der Waals surface area contributed by atoms with E-state index in [1.165, 1.54) is 12.3 Å². The van der Waals surface area contributed by atoms with E-state index in [9.17, 15) is 9.59 Å². The Hall–Kier alpha value is -3.62. The van der Waals surface area contributed by atoms with Crippen LogP contribution in [0, 0.1) is 5.92 Å². The summed E-state index contributed by atoms with van der Waals surface area (Å²) in [6.45, 7) is -2.67. The lowest BCUT2D eigenvalue weighted by Gasteiger charge is -2.16. The van der Waals surface area contributed by atoms with Gasteiger partial charge in [0.1, 0.15) is 11.3 Å². The molecule has 3 aromatic rings. The maximum absolute atomic E-state index is 12.7. The molecule has 2 amide bonds. The van der Waals surface area contributed by atoms with Gasteiger partial charge in [-0.1, -0.05) is 0 Å². The van der Waals surface area contributed by atoms with E-state index in [1.807, 2.05) is 11.5 Å². The van der Waals surface area contributed by atoms with Gasteiger partial charge in [0.15, 0.2) is 5.75 Å². The van der Waals surface area contributed by atoms with Crippen LogP contribution in [0.15, 0.2) is 30.7 Å². The smallest absolute Gasteiger partial charge is 0.254 e. The lowest BCUT2D eigenvalue weighted by Crippen LogP contribution is -2.20. The Labute approximate surface area is 183 Å². The van der Waals surface area contributed by atoms with Crippen molar-refractivity contribution in [1.82, 2.24) is 19.9 Å². The average molecular weight is 423 g/mol. The van der Waals surface area contributed by atoms with Crippen molar-refractivity contribution >= 4 is 34.5 Å². The zero-order valence-corrected chi connectivity index (χ0v) is 16.9. The minimum absolute atomic E-state index is 0.0124. The Morgan fingerprint density at radius 1 is 1.23 bits per heavy atom. The molecule has 2 fully saturated rings. The first-order chi connectivity index (χ1) is 16.2. The van der Waals surface area contributed by atoms with Gasteiger partial charge < -0.3 is 20.7 Å². The zero-order valence-electron chi connectivity index (χ0n) is 19.9. The fourth-order valence-electron chi connectivity index (χ4n) is 3.66. The highest BCUT2D eigenvalue weighted by Gasteiger charge is 2.30. The summed E-state index contributed by atoms with van der Waals surface area (Å²) in [5.41, 5.74) is 2.77. The molecule has 0 aromatic carbocycles. The summed E-state index contributed by atoms with van der Waals surface area (Å²) < 4.78 is 29.6. The molecular weight excluding hydrogens is 396 g/mol. The lowest BCUT2D eigenvalue weighted by atomic mass is 10.1. The van der Waals surface area contributed by atoms with Crippen molar-refractivity contribution in [2.24, 2.45) is 5.92 Å². The van der Waals surface area contributed by atoms with Gasteiger partial charge in [-0.3, -0.25) is 9.59 Å². The first kappa shape index (κ1) is 16.1. The average Bonchev–Trinajstić information content (AvgIpc) is 3.70. The van der Waals surface area contributed by atoms with Gasteiger partial charge in [-0.15, -0.1) is 0 Å². The Bertz CT molecular complexity index is 1280. The lowest BCUT2D eigenvalue weighted by molar-refractivity contribution is -0.117. The van der Waals surface area contributed by atoms with Crippen molar-refractivity contribution in [1.29, 1.82) is 0 Å². The Balaban J connectivity index is 1.54. The summed E-state index contributed by atoms with van der Waals surface area (Å²) in [7, 11) is 1.56. The number of hydrogen-bond donors (Lipinski definition) is 3. The topological polar surface area (TPSA) is 110 Å². The van der Waals surface area contributed by atoms with Crippen LogP contribution in [-0.4, -0.2) is 40.5 Å². The summed E-state index contributed by atoms with van der Waals surface area (Å²) >= 11 is 0. The normalized spacial score (nSPS) is 17.4. The number of ether oxygens (including phenoxy) is 1. The van der Waals surface area contributed by atoms with Crippen molar-refractivity contribution in [2.45, 2.75) is 31.6 Å². The molecule has 0 atom stereocenters. The quantitative estimate of drug-likeness (QED) is 0.539.